The molecule has 1 atom stereocenters. The van der Waals surface area contributed by atoms with E-state index in [0.29, 0.717) is 33.3 Å². The first-order valence-corrected chi connectivity index (χ1v) is 12.1. The van der Waals surface area contributed by atoms with Gasteiger partial charge in [-0.2, -0.15) is 0 Å². The number of rotatable bonds is 5. The molecule has 0 radical (unpaired) electrons. The van der Waals surface area contributed by atoms with Gasteiger partial charge in [0.1, 0.15) is 5.82 Å². The number of anilines is 2. The molecule has 0 aromatic carbocycles. The van der Waals surface area contributed by atoms with Gasteiger partial charge >= 0.3 is 0 Å². The second kappa shape index (κ2) is 8.30. The van der Waals surface area contributed by atoms with Crippen molar-refractivity contribution in [2.75, 3.05) is 29.9 Å². The molecule has 1 N–H and O–H groups in total. The van der Waals surface area contributed by atoms with Gasteiger partial charge in [-0.15, -0.1) is 0 Å². The summed E-state index contributed by atoms with van der Waals surface area (Å²) in [5.74, 6) is 1.41. The van der Waals surface area contributed by atoms with Crippen molar-refractivity contribution in [3.05, 3.63) is 33.8 Å². The SMILES string of the molecule is C[C@H]1CC2(CCN(c3ncc(Sc4ccnc(NC5CC5)c4Cl)c(=O)n3C)CC2)CO1. The van der Waals surface area contributed by atoms with E-state index in [2.05, 4.69) is 27.1 Å². The van der Waals surface area contributed by atoms with Crippen LogP contribution in [0.25, 0.3) is 0 Å². The summed E-state index contributed by atoms with van der Waals surface area (Å²) in [6.07, 6.45) is 9.33. The molecule has 7 nitrogen and oxygen atoms in total. The van der Waals surface area contributed by atoms with Crippen LogP contribution in [0.1, 0.15) is 39.0 Å². The Morgan fingerprint density at radius 3 is 2.71 bits per heavy atom. The summed E-state index contributed by atoms with van der Waals surface area (Å²) in [6, 6.07) is 2.30. The van der Waals surface area contributed by atoms with Gasteiger partial charge in [0.25, 0.3) is 5.56 Å². The molecule has 166 valence electrons. The van der Waals surface area contributed by atoms with Gasteiger partial charge in [0.15, 0.2) is 0 Å². The Kier molecular flexibility index (Phi) is 5.65. The Labute approximate surface area is 191 Å². The predicted octanol–water partition coefficient (Wildman–Crippen LogP) is 3.95. The number of hydrogen-bond acceptors (Lipinski definition) is 7. The van der Waals surface area contributed by atoms with Crippen LogP contribution in [0.3, 0.4) is 0 Å². The highest BCUT2D eigenvalue weighted by Crippen LogP contribution is 2.42. The minimum Gasteiger partial charge on any atom is -0.378 e. The monoisotopic (exact) mass is 461 g/mol. The average molecular weight is 462 g/mol. The molecule has 0 bridgehead atoms. The average Bonchev–Trinajstić information content (AvgIpc) is 3.51. The zero-order valence-electron chi connectivity index (χ0n) is 17.9. The second-order valence-electron chi connectivity index (χ2n) is 9.09. The molecule has 31 heavy (non-hydrogen) atoms. The van der Waals surface area contributed by atoms with Crippen molar-refractivity contribution in [1.29, 1.82) is 0 Å². The Morgan fingerprint density at radius 2 is 2.03 bits per heavy atom. The summed E-state index contributed by atoms with van der Waals surface area (Å²) in [4.78, 5) is 25.7. The van der Waals surface area contributed by atoms with Gasteiger partial charge in [-0.3, -0.25) is 9.36 Å². The fourth-order valence-electron chi connectivity index (χ4n) is 4.60. The highest BCUT2D eigenvalue weighted by atomic mass is 35.5. The summed E-state index contributed by atoms with van der Waals surface area (Å²) in [5.41, 5.74) is 0.243. The van der Waals surface area contributed by atoms with Crippen molar-refractivity contribution in [2.45, 2.75) is 61.0 Å². The van der Waals surface area contributed by atoms with Gasteiger partial charge in [-0.1, -0.05) is 23.4 Å². The largest absolute Gasteiger partial charge is 0.378 e. The highest BCUT2D eigenvalue weighted by molar-refractivity contribution is 7.99. The van der Waals surface area contributed by atoms with E-state index in [-0.39, 0.29) is 5.56 Å². The summed E-state index contributed by atoms with van der Waals surface area (Å²) >= 11 is 7.90. The van der Waals surface area contributed by atoms with Crippen molar-refractivity contribution in [1.82, 2.24) is 14.5 Å². The van der Waals surface area contributed by atoms with Gasteiger partial charge in [-0.25, -0.2) is 9.97 Å². The van der Waals surface area contributed by atoms with Gasteiger partial charge in [-0.05, 0) is 50.5 Å². The fraction of sp³-hybridized carbons (Fsp3) is 0.591. The lowest BCUT2D eigenvalue weighted by atomic mass is 9.77. The van der Waals surface area contributed by atoms with Crippen LogP contribution in [0.4, 0.5) is 11.8 Å². The minimum absolute atomic E-state index is 0.0577. The molecule has 3 aliphatic rings. The molecule has 0 unspecified atom stereocenters. The number of ether oxygens (including phenoxy) is 1. The number of nitrogens with one attached hydrogen (secondary N) is 1. The second-order valence-corrected chi connectivity index (χ2v) is 10.6. The molecule has 9 heteroatoms. The molecule has 2 aromatic heterocycles. The molecule has 1 aliphatic carbocycles. The van der Waals surface area contributed by atoms with Crippen LogP contribution in [0, 0.1) is 5.41 Å². The van der Waals surface area contributed by atoms with Crippen molar-refractivity contribution in [3.63, 3.8) is 0 Å². The van der Waals surface area contributed by atoms with Crippen LogP contribution in [0.2, 0.25) is 5.02 Å². The van der Waals surface area contributed by atoms with E-state index in [1.165, 1.54) is 11.8 Å². The third-order valence-corrected chi connectivity index (χ3v) is 8.16. The van der Waals surface area contributed by atoms with Crippen molar-refractivity contribution in [2.24, 2.45) is 12.5 Å². The Bertz CT molecular complexity index is 1030. The van der Waals surface area contributed by atoms with Crippen LogP contribution in [-0.2, 0) is 11.8 Å². The van der Waals surface area contributed by atoms with Gasteiger partial charge in [0.05, 0.1) is 28.8 Å². The number of pyridine rings is 1. The summed E-state index contributed by atoms with van der Waals surface area (Å²) < 4.78 is 7.49. The first-order valence-electron chi connectivity index (χ1n) is 11.0. The third-order valence-electron chi connectivity index (χ3n) is 6.61. The molecule has 1 saturated carbocycles. The van der Waals surface area contributed by atoms with Crippen LogP contribution in [0.15, 0.2) is 33.0 Å². The van der Waals surface area contributed by atoms with E-state index in [4.69, 9.17) is 16.3 Å². The maximum Gasteiger partial charge on any atom is 0.268 e. The topological polar surface area (TPSA) is 72.3 Å². The Balaban J connectivity index is 1.32. The van der Waals surface area contributed by atoms with E-state index in [1.807, 2.05) is 6.07 Å². The summed E-state index contributed by atoms with van der Waals surface area (Å²) in [6.45, 7) is 4.81. The molecule has 3 fully saturated rings. The lowest BCUT2D eigenvalue weighted by molar-refractivity contribution is 0.0974. The number of nitrogens with zero attached hydrogens (tertiary/aromatic N) is 4. The summed E-state index contributed by atoms with van der Waals surface area (Å²) in [5, 5.41) is 3.90. The fourth-order valence-corrected chi connectivity index (χ4v) is 5.76. The molecule has 2 saturated heterocycles. The first-order chi connectivity index (χ1) is 14.9. The molecule has 2 aliphatic heterocycles. The van der Waals surface area contributed by atoms with E-state index in [9.17, 15) is 4.79 Å². The van der Waals surface area contributed by atoms with Gasteiger partial charge in [0, 0.05) is 37.3 Å². The van der Waals surface area contributed by atoms with Gasteiger partial charge < -0.3 is 15.0 Å². The molecule has 5 rings (SSSR count). The third kappa shape index (κ3) is 4.30. The number of piperidine rings is 1. The number of halogens is 1. The molecule has 2 aromatic rings. The van der Waals surface area contributed by atoms with E-state index < -0.39 is 0 Å². The van der Waals surface area contributed by atoms with Crippen LogP contribution in [0.5, 0.6) is 0 Å². The molecule has 4 heterocycles. The normalized spacial score (nSPS) is 22.8. The summed E-state index contributed by atoms with van der Waals surface area (Å²) in [7, 11) is 1.80. The van der Waals surface area contributed by atoms with Crippen molar-refractivity contribution in [3.8, 4) is 0 Å². The van der Waals surface area contributed by atoms with Crippen molar-refractivity contribution >= 4 is 35.1 Å². The van der Waals surface area contributed by atoms with E-state index >= 15 is 0 Å². The maximum absolute atomic E-state index is 13.1. The lowest BCUT2D eigenvalue weighted by Gasteiger charge is -2.39. The van der Waals surface area contributed by atoms with Gasteiger partial charge in [0.2, 0.25) is 5.95 Å². The molecule has 0 amide bonds. The Morgan fingerprint density at radius 1 is 1.26 bits per heavy atom. The highest BCUT2D eigenvalue weighted by Gasteiger charge is 2.41. The van der Waals surface area contributed by atoms with E-state index in [1.54, 1.807) is 24.0 Å². The van der Waals surface area contributed by atoms with Crippen LogP contribution in [-0.4, -0.2) is 46.4 Å². The first kappa shape index (κ1) is 21.1. The zero-order chi connectivity index (χ0) is 21.6. The van der Waals surface area contributed by atoms with E-state index in [0.717, 1.165) is 62.6 Å². The maximum atomic E-state index is 13.1. The molecule has 1 spiro atoms. The zero-order valence-corrected chi connectivity index (χ0v) is 19.5. The molecular formula is C22H28ClN5O2S. The smallest absolute Gasteiger partial charge is 0.268 e. The van der Waals surface area contributed by atoms with Crippen LogP contribution >= 0.6 is 23.4 Å². The predicted molar refractivity (Wildman–Crippen MR) is 123 cm³/mol. The minimum atomic E-state index is -0.0577. The number of aromatic nitrogens is 3. The van der Waals surface area contributed by atoms with Crippen LogP contribution < -0.4 is 15.8 Å². The number of hydrogen-bond donors (Lipinski definition) is 1. The molecular weight excluding hydrogens is 434 g/mol. The quantitative estimate of drug-likeness (QED) is 0.722. The Hall–Kier alpha value is -1.77. The van der Waals surface area contributed by atoms with Crippen molar-refractivity contribution < 1.29 is 4.74 Å². The standard InChI is InChI=1S/C22H28ClN5O2S/c1-14-11-22(13-30-14)6-9-28(10-7-22)21-25-12-17(20(29)27(21)2)31-16-5-8-24-19(18(16)23)26-15-3-4-15/h5,8,12,14-15H,3-4,6-7,9-11,13H2,1-2H3,(H,24,26)/t14-/m0/s1. The lowest BCUT2D eigenvalue weighted by Crippen LogP contribution is -2.43.